The number of carbonyl (C=O) groups is 1. The van der Waals surface area contributed by atoms with E-state index in [1.807, 2.05) is 74.1 Å². The van der Waals surface area contributed by atoms with Gasteiger partial charge in [0.25, 0.3) is 5.91 Å². The first kappa shape index (κ1) is 43.3. The summed E-state index contributed by atoms with van der Waals surface area (Å²) in [6.07, 6.45) is 8.13. The first-order valence-corrected chi connectivity index (χ1v) is 23.3. The zero-order valence-corrected chi connectivity index (χ0v) is 39.2. The highest BCUT2D eigenvalue weighted by atomic mass is 19.1. The van der Waals surface area contributed by atoms with Gasteiger partial charge in [0.2, 0.25) is 0 Å². The molecular weight excluding hydrogens is 864 g/mol. The number of nitrogens with zero attached hydrogens (tertiary/aromatic N) is 9. The molecule has 1 saturated carbocycles. The number of ether oxygens (including phenoxy) is 1. The van der Waals surface area contributed by atoms with Crippen LogP contribution in [0.15, 0.2) is 99.4 Å². The number of amides is 1. The molecule has 348 valence electrons. The van der Waals surface area contributed by atoms with Gasteiger partial charge in [-0.1, -0.05) is 24.2 Å². The molecule has 3 aliphatic rings. The lowest BCUT2D eigenvalue weighted by Crippen LogP contribution is -2.41. The summed E-state index contributed by atoms with van der Waals surface area (Å²) in [4.78, 5) is 54.2. The lowest BCUT2D eigenvalue weighted by Gasteiger charge is -2.34. The molecule has 11 rings (SSSR count). The highest BCUT2D eigenvalue weighted by Gasteiger charge is 2.59. The van der Waals surface area contributed by atoms with Gasteiger partial charge in [0.15, 0.2) is 5.82 Å². The van der Waals surface area contributed by atoms with E-state index in [0.29, 0.717) is 83.9 Å². The Labute approximate surface area is 391 Å². The van der Waals surface area contributed by atoms with Crippen LogP contribution in [0.1, 0.15) is 94.9 Å². The summed E-state index contributed by atoms with van der Waals surface area (Å²) < 4.78 is 32.9. The van der Waals surface area contributed by atoms with E-state index in [1.165, 1.54) is 5.56 Å². The number of imidazole rings is 1. The van der Waals surface area contributed by atoms with Crippen molar-refractivity contribution in [3.05, 3.63) is 157 Å². The van der Waals surface area contributed by atoms with Crippen LogP contribution in [0.4, 0.5) is 10.1 Å². The molecule has 0 radical (unpaired) electrons. The Morgan fingerprint density at radius 3 is 2.32 bits per heavy atom. The van der Waals surface area contributed by atoms with E-state index in [4.69, 9.17) is 14.4 Å². The SMILES string of the molecule is Cc1cc(-n2ccn(-c3c4c(nn3-c3cc(C)c(F)c(C)c3)CCN(C(=O)c3cc5cc(C6CCOCC6)ccc5n3[C@@]3(c5noc(=O)[nH]5)C[C@@H]3C)[C@H]4C)c2=O)ccc1-c1cc(N(C)C)ccn1. The van der Waals surface area contributed by atoms with E-state index >= 15 is 9.18 Å². The van der Waals surface area contributed by atoms with Gasteiger partial charge >= 0.3 is 11.4 Å². The van der Waals surface area contributed by atoms with Crippen LogP contribution in [0.5, 0.6) is 0 Å². The Bertz CT molecular complexity index is 3410. The number of aryl methyl sites for hydroxylation is 3. The molecule has 3 atom stereocenters. The first-order chi connectivity index (χ1) is 32.7. The summed E-state index contributed by atoms with van der Waals surface area (Å²) in [7, 11) is 3.98. The number of fused-ring (bicyclic) bond motifs is 2. The Morgan fingerprint density at radius 1 is 0.897 bits per heavy atom. The number of benzene rings is 3. The standard InChI is InChI=1S/C52H53FN10O5/c1-29-22-38(9-10-40(29)42-27-37(58(6)7)12-16-54-42)60-18-19-61(51(60)66)47-45-33(5)59(17-13-41(45)56-63(47)39-23-30(2)46(53)31(3)24-39)48(64)44-26-36-25-35(34-14-20-67-21-15-34)8-11-43(36)62(44)52(28-32(52)4)49-55-50(65)68-57-49/h8-12,16,18-19,22-27,32-34H,13-15,17,20-21,28H2,1-7H3,(H,55,57,65)/t32-,33-,52-/m0/s1. The quantitative estimate of drug-likeness (QED) is 0.151. The van der Waals surface area contributed by atoms with Crippen molar-refractivity contribution in [2.75, 3.05) is 38.8 Å². The van der Waals surface area contributed by atoms with Crippen molar-refractivity contribution in [2.45, 2.75) is 77.8 Å². The summed E-state index contributed by atoms with van der Waals surface area (Å²) >= 11 is 0. The zero-order valence-electron chi connectivity index (χ0n) is 39.2. The summed E-state index contributed by atoms with van der Waals surface area (Å²) in [5.41, 5.74) is 8.69. The highest BCUT2D eigenvalue weighted by molar-refractivity contribution is 6.00. The van der Waals surface area contributed by atoms with Gasteiger partial charge in [-0.2, -0.15) is 5.10 Å². The molecule has 1 N–H and O–H groups in total. The molecule has 15 nitrogen and oxygen atoms in total. The molecule has 1 aliphatic carbocycles. The number of rotatable bonds is 9. The molecule has 5 aromatic heterocycles. The molecule has 7 heterocycles. The van der Waals surface area contributed by atoms with Crippen molar-refractivity contribution in [3.8, 4) is 28.5 Å². The smallest absolute Gasteiger partial charge is 0.381 e. The number of H-pyrrole nitrogens is 1. The maximum atomic E-state index is 15.6. The molecule has 68 heavy (non-hydrogen) atoms. The third-order valence-corrected chi connectivity index (χ3v) is 14.7. The summed E-state index contributed by atoms with van der Waals surface area (Å²) in [6.45, 7) is 11.2. The number of halogens is 1. The maximum Gasteiger partial charge on any atom is 0.438 e. The van der Waals surface area contributed by atoms with E-state index in [-0.39, 0.29) is 23.3 Å². The first-order valence-electron chi connectivity index (χ1n) is 23.3. The summed E-state index contributed by atoms with van der Waals surface area (Å²) in [5, 5.41) is 10.3. The van der Waals surface area contributed by atoms with E-state index in [2.05, 4.69) is 44.8 Å². The van der Waals surface area contributed by atoms with Crippen molar-refractivity contribution >= 4 is 22.5 Å². The Hall–Kier alpha value is -7.33. The number of anilines is 1. The van der Waals surface area contributed by atoms with Gasteiger partial charge in [0.05, 0.1) is 28.8 Å². The molecule has 8 aromatic rings. The largest absolute Gasteiger partial charge is 0.438 e. The highest BCUT2D eigenvalue weighted by Crippen LogP contribution is 2.56. The van der Waals surface area contributed by atoms with Crippen LogP contribution in [0.3, 0.4) is 0 Å². The second kappa shape index (κ2) is 16.2. The normalized spacial score (nSPS) is 19.4. The predicted octanol–water partition coefficient (Wildman–Crippen LogP) is 8.07. The van der Waals surface area contributed by atoms with Crippen LogP contribution in [0, 0.1) is 32.5 Å². The number of hydrogen-bond acceptors (Lipinski definition) is 9. The van der Waals surface area contributed by atoms with Gasteiger partial charge in [-0.25, -0.2) is 18.7 Å². The molecule has 1 saturated heterocycles. The molecule has 3 aromatic carbocycles. The summed E-state index contributed by atoms with van der Waals surface area (Å²) in [5.74, 6) is 0.0287. The average molecular weight is 917 g/mol. The number of pyridine rings is 1. The molecule has 0 unspecified atom stereocenters. The fourth-order valence-corrected chi connectivity index (χ4v) is 10.9. The molecule has 16 heteroatoms. The monoisotopic (exact) mass is 916 g/mol. The van der Waals surface area contributed by atoms with Crippen LogP contribution in [-0.4, -0.2) is 83.3 Å². The fourth-order valence-electron chi connectivity index (χ4n) is 10.9. The Balaban J connectivity index is 1.03. The van der Waals surface area contributed by atoms with E-state index < -0.39 is 17.3 Å². The van der Waals surface area contributed by atoms with Gasteiger partial charge in [-0.3, -0.25) is 28.4 Å². The average Bonchev–Trinajstić information content (AvgIpc) is 3.83. The van der Waals surface area contributed by atoms with Crippen molar-refractivity contribution in [1.29, 1.82) is 0 Å². The van der Waals surface area contributed by atoms with Crippen molar-refractivity contribution in [2.24, 2.45) is 5.92 Å². The summed E-state index contributed by atoms with van der Waals surface area (Å²) in [6, 6.07) is 21.1. The topological polar surface area (TPSA) is 154 Å². The van der Waals surface area contributed by atoms with Crippen LogP contribution < -0.4 is 16.3 Å². The van der Waals surface area contributed by atoms with Crippen LogP contribution in [0.25, 0.3) is 39.4 Å². The second-order valence-electron chi connectivity index (χ2n) is 19.1. The van der Waals surface area contributed by atoms with Crippen molar-refractivity contribution < 1.29 is 18.4 Å². The number of hydrogen-bond donors (Lipinski definition) is 1. The molecular formula is C52H53FN10O5. The third kappa shape index (κ3) is 6.86. The Kier molecular flexibility index (Phi) is 10.3. The molecule has 1 amide bonds. The maximum absolute atomic E-state index is 15.6. The lowest BCUT2D eigenvalue weighted by atomic mass is 9.91. The molecule has 0 spiro atoms. The number of aromatic nitrogens is 8. The van der Waals surface area contributed by atoms with Gasteiger partial charge in [-0.05, 0) is 136 Å². The van der Waals surface area contributed by atoms with Crippen LogP contribution in [0.2, 0.25) is 0 Å². The van der Waals surface area contributed by atoms with Gasteiger partial charge in [0, 0.05) is 86.6 Å². The molecule has 0 bridgehead atoms. The minimum absolute atomic E-state index is 0.0280. The number of nitrogens with one attached hydrogen (secondary N) is 1. The van der Waals surface area contributed by atoms with E-state index in [9.17, 15) is 9.59 Å². The minimum atomic E-state index is -0.822. The van der Waals surface area contributed by atoms with E-state index in [1.54, 1.807) is 58.4 Å². The second-order valence-corrected chi connectivity index (χ2v) is 19.1. The van der Waals surface area contributed by atoms with Crippen molar-refractivity contribution in [3.63, 3.8) is 0 Å². The van der Waals surface area contributed by atoms with Gasteiger partial charge in [-0.15, -0.1) is 0 Å². The number of carbonyl (C=O) groups excluding carboxylic acids is 1. The predicted molar refractivity (Wildman–Crippen MR) is 256 cm³/mol. The van der Waals surface area contributed by atoms with Crippen molar-refractivity contribution in [1.82, 2.24) is 43.5 Å². The number of aromatic amines is 1. The zero-order chi connectivity index (χ0) is 47.3. The Morgan fingerprint density at radius 2 is 1.63 bits per heavy atom. The van der Waals surface area contributed by atoms with Crippen LogP contribution >= 0.6 is 0 Å². The lowest BCUT2D eigenvalue weighted by molar-refractivity contribution is 0.0663. The minimum Gasteiger partial charge on any atom is -0.381 e. The molecule has 2 fully saturated rings. The molecule has 2 aliphatic heterocycles. The van der Waals surface area contributed by atoms with Gasteiger partial charge < -0.3 is 19.1 Å². The van der Waals surface area contributed by atoms with Gasteiger partial charge in [0.1, 0.15) is 22.9 Å². The fraction of sp³-hybridized carbons (Fsp3) is 0.346. The third-order valence-electron chi connectivity index (χ3n) is 14.7. The van der Waals surface area contributed by atoms with Crippen LogP contribution in [-0.2, 0) is 16.7 Å². The van der Waals surface area contributed by atoms with E-state index in [0.717, 1.165) is 51.9 Å².